The Morgan fingerprint density at radius 3 is 2.23 bits per heavy atom. The summed E-state index contributed by atoms with van der Waals surface area (Å²) in [6, 6.07) is 6.90. The van der Waals surface area contributed by atoms with E-state index in [1.54, 1.807) is 24.1 Å². The second-order valence-corrected chi connectivity index (χ2v) is 6.36. The van der Waals surface area contributed by atoms with Crippen LogP contribution in [0, 0.1) is 0 Å². The van der Waals surface area contributed by atoms with Crippen LogP contribution >= 0.6 is 0 Å². The van der Waals surface area contributed by atoms with Crippen LogP contribution in [0.15, 0.2) is 24.3 Å². The first-order valence-corrected chi connectivity index (χ1v) is 7.45. The average molecular weight is 307 g/mol. The van der Waals surface area contributed by atoms with Crippen LogP contribution in [0.4, 0.5) is 4.79 Å². The highest BCUT2D eigenvalue weighted by Gasteiger charge is 2.18. The Morgan fingerprint density at radius 1 is 1.14 bits per heavy atom. The molecule has 0 radical (unpaired) electrons. The van der Waals surface area contributed by atoms with Gasteiger partial charge in [0.2, 0.25) is 0 Å². The second-order valence-electron chi connectivity index (χ2n) is 6.36. The number of carboxylic acid groups (broad SMARTS) is 1. The van der Waals surface area contributed by atoms with Crippen molar-refractivity contribution in [2.75, 3.05) is 13.6 Å². The number of nitrogens with zero attached hydrogens (tertiary/aromatic N) is 1. The number of benzene rings is 1. The van der Waals surface area contributed by atoms with Crippen LogP contribution in [0.5, 0.6) is 0 Å². The van der Waals surface area contributed by atoms with E-state index in [-0.39, 0.29) is 6.09 Å². The maximum atomic E-state index is 11.8. The topological polar surface area (TPSA) is 66.8 Å². The molecule has 1 rings (SSSR count). The van der Waals surface area contributed by atoms with E-state index in [0.29, 0.717) is 12.1 Å². The van der Waals surface area contributed by atoms with E-state index in [2.05, 4.69) is 0 Å². The molecular formula is C17H25NO4. The number of carbonyl (C=O) groups is 2. The van der Waals surface area contributed by atoms with Crippen LogP contribution in [-0.2, 0) is 11.2 Å². The molecule has 1 amide bonds. The highest BCUT2D eigenvalue weighted by Crippen LogP contribution is 2.11. The van der Waals surface area contributed by atoms with Gasteiger partial charge in [0.05, 0.1) is 5.56 Å². The van der Waals surface area contributed by atoms with Crippen molar-refractivity contribution in [3.8, 4) is 0 Å². The fourth-order valence-corrected chi connectivity index (χ4v) is 1.92. The maximum Gasteiger partial charge on any atom is 0.410 e. The van der Waals surface area contributed by atoms with Crippen LogP contribution in [0.2, 0.25) is 0 Å². The van der Waals surface area contributed by atoms with Crippen LogP contribution < -0.4 is 0 Å². The molecule has 1 aromatic rings. The maximum absolute atomic E-state index is 11.8. The van der Waals surface area contributed by atoms with Gasteiger partial charge in [-0.2, -0.15) is 0 Å². The number of carbonyl (C=O) groups excluding carboxylic acids is 1. The summed E-state index contributed by atoms with van der Waals surface area (Å²) in [6.45, 7) is 6.18. The van der Waals surface area contributed by atoms with Gasteiger partial charge in [-0.1, -0.05) is 12.1 Å². The highest BCUT2D eigenvalue weighted by molar-refractivity contribution is 5.87. The molecule has 0 aliphatic carbocycles. The zero-order chi connectivity index (χ0) is 16.8. The highest BCUT2D eigenvalue weighted by atomic mass is 16.6. The summed E-state index contributed by atoms with van der Waals surface area (Å²) in [6.07, 6.45) is 2.36. The summed E-state index contributed by atoms with van der Waals surface area (Å²) in [5.74, 6) is -0.912. The summed E-state index contributed by atoms with van der Waals surface area (Å²) < 4.78 is 5.28. The summed E-state index contributed by atoms with van der Waals surface area (Å²) in [4.78, 5) is 24.1. The van der Waals surface area contributed by atoms with Crippen LogP contribution in [0.3, 0.4) is 0 Å². The van der Waals surface area contributed by atoms with E-state index in [4.69, 9.17) is 9.84 Å². The van der Waals surface area contributed by atoms with Gasteiger partial charge in [0.15, 0.2) is 0 Å². The number of carboxylic acids is 1. The second kappa shape index (κ2) is 7.82. The molecule has 0 unspecified atom stereocenters. The van der Waals surface area contributed by atoms with Gasteiger partial charge in [-0.3, -0.25) is 0 Å². The molecule has 5 heteroatoms. The molecule has 0 spiro atoms. The van der Waals surface area contributed by atoms with Crippen molar-refractivity contribution in [3.63, 3.8) is 0 Å². The van der Waals surface area contributed by atoms with Crippen molar-refractivity contribution in [1.82, 2.24) is 4.90 Å². The van der Waals surface area contributed by atoms with Gasteiger partial charge >= 0.3 is 12.1 Å². The summed E-state index contributed by atoms with van der Waals surface area (Å²) >= 11 is 0. The fraction of sp³-hybridized carbons (Fsp3) is 0.529. The Kier molecular flexibility index (Phi) is 6.40. The molecule has 0 aliphatic rings. The Hall–Kier alpha value is -2.04. The smallest absolute Gasteiger partial charge is 0.410 e. The average Bonchev–Trinajstić information content (AvgIpc) is 2.42. The monoisotopic (exact) mass is 307 g/mol. The van der Waals surface area contributed by atoms with E-state index in [1.807, 2.05) is 32.9 Å². The summed E-state index contributed by atoms with van der Waals surface area (Å²) in [5.41, 5.74) is 0.926. The number of hydrogen-bond acceptors (Lipinski definition) is 3. The zero-order valence-corrected chi connectivity index (χ0v) is 13.8. The molecule has 122 valence electrons. The van der Waals surface area contributed by atoms with Crippen molar-refractivity contribution >= 4 is 12.1 Å². The summed E-state index contributed by atoms with van der Waals surface area (Å²) in [7, 11) is 1.73. The normalized spacial score (nSPS) is 11.1. The van der Waals surface area contributed by atoms with Crippen LogP contribution in [0.1, 0.15) is 49.5 Å². The van der Waals surface area contributed by atoms with E-state index >= 15 is 0 Å². The molecule has 5 nitrogen and oxygen atoms in total. The molecule has 0 saturated carbocycles. The van der Waals surface area contributed by atoms with Gasteiger partial charge < -0.3 is 14.7 Å². The molecule has 0 bridgehead atoms. The third kappa shape index (κ3) is 6.61. The molecule has 0 heterocycles. The lowest BCUT2D eigenvalue weighted by Gasteiger charge is -2.24. The van der Waals surface area contributed by atoms with Crippen molar-refractivity contribution in [1.29, 1.82) is 0 Å². The molecule has 0 saturated heterocycles. The lowest BCUT2D eigenvalue weighted by molar-refractivity contribution is 0.0296. The van der Waals surface area contributed by atoms with Gasteiger partial charge in [-0.25, -0.2) is 9.59 Å². The lowest BCUT2D eigenvalue weighted by atomic mass is 10.1. The van der Waals surface area contributed by atoms with E-state index in [9.17, 15) is 9.59 Å². The Labute approximate surface area is 131 Å². The van der Waals surface area contributed by atoms with Crippen molar-refractivity contribution in [3.05, 3.63) is 35.4 Å². The van der Waals surface area contributed by atoms with Gasteiger partial charge in [-0.05, 0) is 57.7 Å². The van der Waals surface area contributed by atoms with E-state index in [0.717, 1.165) is 24.8 Å². The first kappa shape index (κ1) is 18.0. The van der Waals surface area contributed by atoms with Gasteiger partial charge in [0, 0.05) is 13.6 Å². The Bertz CT molecular complexity index is 502. The number of unbranched alkanes of at least 4 members (excludes halogenated alkanes) is 1. The molecule has 1 N–H and O–H groups in total. The van der Waals surface area contributed by atoms with Gasteiger partial charge in [-0.15, -0.1) is 0 Å². The molecule has 22 heavy (non-hydrogen) atoms. The minimum Gasteiger partial charge on any atom is -0.478 e. The third-order valence-corrected chi connectivity index (χ3v) is 3.12. The van der Waals surface area contributed by atoms with Crippen molar-refractivity contribution < 1.29 is 19.4 Å². The first-order chi connectivity index (χ1) is 10.2. The number of rotatable bonds is 6. The molecule has 0 fully saturated rings. The number of aromatic carboxylic acids is 1. The molecule has 0 aromatic heterocycles. The fourth-order valence-electron chi connectivity index (χ4n) is 1.92. The lowest BCUT2D eigenvalue weighted by Crippen LogP contribution is -2.34. The molecule has 0 atom stereocenters. The largest absolute Gasteiger partial charge is 0.478 e. The number of aryl methyl sites for hydroxylation is 1. The quantitative estimate of drug-likeness (QED) is 0.816. The SMILES string of the molecule is CN(CCCCc1ccc(C(=O)O)cc1)C(=O)OC(C)(C)C. The molecule has 0 aliphatic heterocycles. The zero-order valence-electron chi connectivity index (χ0n) is 13.8. The number of ether oxygens (including phenoxy) is 1. The predicted molar refractivity (Wildman–Crippen MR) is 85.2 cm³/mol. The standard InChI is InChI=1S/C17H25NO4/c1-17(2,3)22-16(21)18(4)12-6-5-7-13-8-10-14(11-9-13)15(19)20/h8-11H,5-7,12H2,1-4H3,(H,19,20). The first-order valence-electron chi connectivity index (χ1n) is 7.45. The molecule has 1 aromatic carbocycles. The minimum atomic E-state index is -0.912. The Morgan fingerprint density at radius 2 is 1.73 bits per heavy atom. The number of hydrogen-bond donors (Lipinski definition) is 1. The summed E-state index contributed by atoms with van der Waals surface area (Å²) in [5, 5.41) is 8.83. The minimum absolute atomic E-state index is 0.299. The van der Waals surface area contributed by atoms with Crippen LogP contribution in [-0.4, -0.2) is 41.3 Å². The van der Waals surface area contributed by atoms with E-state index < -0.39 is 11.6 Å². The van der Waals surface area contributed by atoms with E-state index in [1.165, 1.54) is 0 Å². The van der Waals surface area contributed by atoms with Crippen LogP contribution in [0.25, 0.3) is 0 Å². The number of amides is 1. The molecular weight excluding hydrogens is 282 g/mol. The third-order valence-electron chi connectivity index (χ3n) is 3.12. The van der Waals surface area contributed by atoms with Gasteiger partial charge in [0.25, 0.3) is 0 Å². The van der Waals surface area contributed by atoms with Gasteiger partial charge in [0.1, 0.15) is 5.60 Å². The van der Waals surface area contributed by atoms with Crippen molar-refractivity contribution in [2.24, 2.45) is 0 Å². The Balaban J connectivity index is 2.30. The van der Waals surface area contributed by atoms with Crippen molar-refractivity contribution in [2.45, 2.75) is 45.6 Å². The predicted octanol–water partition coefficient (Wildman–Crippen LogP) is 3.57.